The van der Waals surface area contributed by atoms with Crippen molar-refractivity contribution in [2.45, 2.75) is 19.3 Å². The summed E-state index contributed by atoms with van der Waals surface area (Å²) >= 11 is 1.04. The van der Waals surface area contributed by atoms with Crippen molar-refractivity contribution in [2.75, 3.05) is 47.2 Å². The van der Waals surface area contributed by atoms with Gasteiger partial charge in [-0.15, -0.1) is 0 Å². The van der Waals surface area contributed by atoms with Crippen LogP contribution in [0.3, 0.4) is 0 Å². The zero-order valence-corrected chi connectivity index (χ0v) is 11.5. The lowest BCUT2D eigenvalue weighted by atomic mass is 10.2. The van der Waals surface area contributed by atoms with Crippen LogP contribution in [-0.2, 0) is 19.0 Å². The summed E-state index contributed by atoms with van der Waals surface area (Å²) in [6, 6.07) is 0. The van der Waals surface area contributed by atoms with Crippen LogP contribution in [0.2, 0.25) is 0 Å². The number of rotatable bonds is 12. The summed E-state index contributed by atoms with van der Waals surface area (Å²) in [6.07, 6.45) is 3.23. The Morgan fingerprint density at radius 2 is 1.76 bits per heavy atom. The molecule has 0 unspecified atom stereocenters. The number of carbonyl (C=O) groups is 1. The molecule has 0 saturated carbocycles. The molecule has 1 N–H and O–H groups in total. The molecule has 102 valence electrons. The molecule has 17 heavy (non-hydrogen) atoms. The number of carbonyl (C=O) groups excluding carboxylic acids is 1. The average molecular weight is 265 g/mol. The molecular weight excluding hydrogens is 242 g/mol. The van der Waals surface area contributed by atoms with Crippen molar-refractivity contribution in [1.82, 2.24) is 4.72 Å². The van der Waals surface area contributed by atoms with Gasteiger partial charge in [0.2, 0.25) is 5.12 Å². The Bertz CT molecular complexity index is 181. The molecule has 0 radical (unpaired) electrons. The molecule has 0 amide bonds. The summed E-state index contributed by atoms with van der Waals surface area (Å²) in [5.74, 6) is 0. The second-order valence-corrected chi connectivity index (χ2v) is 4.46. The predicted octanol–water partition coefficient (Wildman–Crippen LogP) is 1.23. The Hall–Kier alpha value is -0.140. The van der Waals surface area contributed by atoms with E-state index in [1.165, 1.54) is 0 Å². The van der Waals surface area contributed by atoms with Crippen LogP contribution in [0.25, 0.3) is 0 Å². The minimum absolute atomic E-state index is 0.0212. The third-order valence-electron chi connectivity index (χ3n) is 1.94. The van der Waals surface area contributed by atoms with Crippen LogP contribution < -0.4 is 4.72 Å². The predicted molar refractivity (Wildman–Crippen MR) is 69.0 cm³/mol. The Balaban J connectivity index is 3.01. The highest BCUT2D eigenvalue weighted by atomic mass is 32.2. The molecule has 0 fully saturated rings. The van der Waals surface area contributed by atoms with Crippen LogP contribution in [0.4, 0.5) is 0 Å². The Morgan fingerprint density at radius 3 is 2.47 bits per heavy atom. The van der Waals surface area contributed by atoms with Gasteiger partial charge in [0, 0.05) is 20.3 Å². The summed E-state index contributed by atoms with van der Waals surface area (Å²) in [7, 11) is 3.41. The van der Waals surface area contributed by atoms with Gasteiger partial charge in [-0.2, -0.15) is 0 Å². The molecule has 0 aliphatic rings. The number of unbranched alkanes of at least 4 members (excludes halogenated alkanes) is 2. The third-order valence-corrected chi connectivity index (χ3v) is 2.49. The van der Waals surface area contributed by atoms with Gasteiger partial charge in [-0.1, -0.05) is 0 Å². The van der Waals surface area contributed by atoms with Gasteiger partial charge < -0.3 is 14.2 Å². The van der Waals surface area contributed by atoms with Gasteiger partial charge in [0.15, 0.2) is 0 Å². The van der Waals surface area contributed by atoms with Crippen molar-refractivity contribution in [3.05, 3.63) is 0 Å². The maximum absolute atomic E-state index is 11.0. The van der Waals surface area contributed by atoms with Gasteiger partial charge in [0.1, 0.15) is 6.61 Å². The monoisotopic (exact) mass is 265 g/mol. The second-order valence-electron chi connectivity index (χ2n) is 3.40. The molecule has 0 aromatic carbocycles. The summed E-state index contributed by atoms with van der Waals surface area (Å²) < 4.78 is 18.1. The van der Waals surface area contributed by atoms with E-state index in [-0.39, 0.29) is 11.7 Å². The van der Waals surface area contributed by atoms with E-state index in [2.05, 4.69) is 4.72 Å². The zero-order chi connectivity index (χ0) is 12.8. The van der Waals surface area contributed by atoms with Crippen molar-refractivity contribution in [1.29, 1.82) is 0 Å². The van der Waals surface area contributed by atoms with Crippen molar-refractivity contribution < 1.29 is 19.0 Å². The summed E-state index contributed by atoms with van der Waals surface area (Å²) in [4.78, 5) is 11.0. The summed E-state index contributed by atoms with van der Waals surface area (Å²) in [6.45, 7) is 2.69. The van der Waals surface area contributed by atoms with Crippen molar-refractivity contribution >= 4 is 17.1 Å². The SMILES string of the molecule is CNSC(=O)COCCOCCCCCOC. The second kappa shape index (κ2) is 13.9. The maximum Gasteiger partial charge on any atom is 0.229 e. The van der Waals surface area contributed by atoms with E-state index < -0.39 is 0 Å². The molecule has 5 nitrogen and oxygen atoms in total. The normalized spacial score (nSPS) is 10.7. The smallest absolute Gasteiger partial charge is 0.229 e. The van der Waals surface area contributed by atoms with Crippen LogP contribution in [0, 0.1) is 0 Å². The lowest BCUT2D eigenvalue weighted by molar-refractivity contribution is -0.115. The topological polar surface area (TPSA) is 56.8 Å². The summed E-state index contributed by atoms with van der Waals surface area (Å²) in [5.41, 5.74) is 0. The first-order chi connectivity index (χ1) is 8.31. The molecule has 0 atom stereocenters. The molecule has 0 aromatic rings. The lowest BCUT2D eigenvalue weighted by Crippen LogP contribution is -2.12. The van der Waals surface area contributed by atoms with Gasteiger partial charge in [-0.25, -0.2) is 0 Å². The van der Waals surface area contributed by atoms with Gasteiger partial charge in [0.05, 0.1) is 13.2 Å². The van der Waals surface area contributed by atoms with Crippen molar-refractivity contribution in [2.24, 2.45) is 0 Å². The van der Waals surface area contributed by atoms with Gasteiger partial charge in [-0.3, -0.25) is 9.52 Å². The largest absolute Gasteiger partial charge is 0.385 e. The van der Waals surface area contributed by atoms with Gasteiger partial charge in [0.25, 0.3) is 0 Å². The van der Waals surface area contributed by atoms with E-state index in [9.17, 15) is 4.79 Å². The molecule has 0 saturated heterocycles. The first-order valence-corrected chi connectivity index (χ1v) is 6.63. The van der Waals surface area contributed by atoms with E-state index >= 15 is 0 Å². The highest BCUT2D eigenvalue weighted by Crippen LogP contribution is 1.96. The lowest BCUT2D eigenvalue weighted by Gasteiger charge is -2.05. The minimum atomic E-state index is -0.0212. The van der Waals surface area contributed by atoms with E-state index in [0.29, 0.717) is 13.2 Å². The fourth-order valence-electron chi connectivity index (χ4n) is 1.15. The molecule has 0 spiro atoms. The van der Waals surface area contributed by atoms with Gasteiger partial charge in [-0.05, 0) is 38.3 Å². The van der Waals surface area contributed by atoms with Crippen LogP contribution >= 0.6 is 11.9 Å². The van der Waals surface area contributed by atoms with E-state index in [1.807, 2.05) is 0 Å². The van der Waals surface area contributed by atoms with Crippen LogP contribution in [-0.4, -0.2) is 52.3 Å². The molecule has 0 heterocycles. The molecule has 0 aromatic heterocycles. The Kier molecular flexibility index (Phi) is 13.8. The van der Waals surface area contributed by atoms with E-state index in [4.69, 9.17) is 14.2 Å². The average Bonchev–Trinajstić information content (AvgIpc) is 2.32. The third kappa shape index (κ3) is 13.8. The molecule has 0 aliphatic heterocycles. The minimum Gasteiger partial charge on any atom is -0.385 e. The van der Waals surface area contributed by atoms with Crippen molar-refractivity contribution in [3.8, 4) is 0 Å². The van der Waals surface area contributed by atoms with E-state index in [1.54, 1.807) is 14.2 Å². The molecule has 0 bridgehead atoms. The Morgan fingerprint density at radius 1 is 1.06 bits per heavy atom. The molecule has 0 aliphatic carbocycles. The number of ether oxygens (including phenoxy) is 3. The number of nitrogens with one attached hydrogen (secondary N) is 1. The highest BCUT2D eigenvalue weighted by molar-refractivity contribution is 8.12. The molecule has 0 rings (SSSR count). The van der Waals surface area contributed by atoms with Gasteiger partial charge >= 0.3 is 0 Å². The quantitative estimate of drug-likeness (QED) is 0.423. The van der Waals surface area contributed by atoms with Crippen LogP contribution in [0.1, 0.15) is 19.3 Å². The highest BCUT2D eigenvalue weighted by Gasteiger charge is 2.00. The first kappa shape index (κ1) is 16.9. The number of hydrogen-bond donors (Lipinski definition) is 1. The van der Waals surface area contributed by atoms with E-state index in [0.717, 1.165) is 44.4 Å². The fraction of sp³-hybridized carbons (Fsp3) is 0.909. The first-order valence-electron chi connectivity index (χ1n) is 5.82. The molecule has 6 heteroatoms. The fourth-order valence-corrected chi connectivity index (χ4v) is 1.52. The zero-order valence-electron chi connectivity index (χ0n) is 10.7. The number of hydrogen-bond acceptors (Lipinski definition) is 6. The number of methoxy groups -OCH3 is 1. The van der Waals surface area contributed by atoms with Crippen molar-refractivity contribution in [3.63, 3.8) is 0 Å². The van der Waals surface area contributed by atoms with Crippen LogP contribution in [0.15, 0.2) is 0 Å². The standard InChI is InChI=1S/C11H23NO4S/c1-12-17-11(13)10-16-9-8-15-7-5-3-4-6-14-2/h12H,3-10H2,1-2H3. The Labute approximate surface area is 108 Å². The maximum atomic E-state index is 11.0. The summed E-state index contributed by atoms with van der Waals surface area (Å²) in [5, 5.41) is -0.0212. The van der Waals surface area contributed by atoms with Crippen LogP contribution in [0.5, 0.6) is 0 Å². The molecular formula is C11H23NO4S.